The van der Waals surface area contributed by atoms with Crippen LogP contribution < -0.4 is 0 Å². The molecule has 21 heavy (non-hydrogen) atoms. The van der Waals surface area contributed by atoms with Crippen LogP contribution in [0.5, 0.6) is 0 Å². The molecule has 0 N–H and O–H groups in total. The van der Waals surface area contributed by atoms with Gasteiger partial charge in [-0.3, -0.25) is 4.79 Å². The molecule has 1 aliphatic carbocycles. The van der Waals surface area contributed by atoms with Crippen molar-refractivity contribution in [3.8, 4) is 11.1 Å². The maximum Gasteiger partial charge on any atom is 0.163 e. The first-order chi connectivity index (χ1) is 10.2. The second kappa shape index (κ2) is 4.56. The summed E-state index contributed by atoms with van der Waals surface area (Å²) < 4.78 is 0. The van der Waals surface area contributed by atoms with E-state index in [0.717, 1.165) is 12.0 Å². The van der Waals surface area contributed by atoms with Crippen LogP contribution in [0.25, 0.3) is 21.9 Å². The van der Waals surface area contributed by atoms with Crippen molar-refractivity contribution in [3.05, 3.63) is 71.3 Å². The van der Waals surface area contributed by atoms with E-state index in [4.69, 9.17) is 0 Å². The summed E-state index contributed by atoms with van der Waals surface area (Å²) in [6.07, 6.45) is 1.54. The molecule has 1 heteroatoms. The van der Waals surface area contributed by atoms with Crippen LogP contribution in [-0.2, 0) is 6.42 Å². The maximum absolute atomic E-state index is 11.8. The van der Waals surface area contributed by atoms with Crippen LogP contribution in [0, 0.1) is 6.92 Å². The molecule has 0 bridgehead atoms. The van der Waals surface area contributed by atoms with Crippen molar-refractivity contribution in [3.63, 3.8) is 0 Å². The topological polar surface area (TPSA) is 17.1 Å². The normalized spacial score (nSPS) is 13.7. The molecule has 0 unspecified atom stereocenters. The van der Waals surface area contributed by atoms with Crippen LogP contribution in [0.2, 0.25) is 0 Å². The predicted octanol–water partition coefficient (Wildman–Crippen LogP) is 4.94. The van der Waals surface area contributed by atoms with Crippen molar-refractivity contribution in [2.75, 3.05) is 0 Å². The van der Waals surface area contributed by atoms with Gasteiger partial charge in [-0.2, -0.15) is 0 Å². The molecule has 0 atom stereocenters. The smallest absolute Gasteiger partial charge is 0.163 e. The van der Waals surface area contributed by atoms with Gasteiger partial charge in [-0.15, -0.1) is 0 Å². The van der Waals surface area contributed by atoms with E-state index in [2.05, 4.69) is 55.5 Å². The highest BCUT2D eigenvalue weighted by Crippen LogP contribution is 2.33. The molecular formula is C20H16O. The lowest BCUT2D eigenvalue weighted by atomic mass is 9.94. The van der Waals surface area contributed by atoms with Gasteiger partial charge in [-0.1, -0.05) is 54.6 Å². The number of hydrogen-bond acceptors (Lipinski definition) is 1. The SMILES string of the molecule is Cc1ccc(-c2ccc3c(c2)CCC3=O)c2ccccc12. The van der Waals surface area contributed by atoms with Crippen LogP contribution in [0.1, 0.15) is 27.9 Å². The fourth-order valence-electron chi connectivity index (χ4n) is 3.32. The molecule has 0 radical (unpaired) electrons. The van der Waals surface area contributed by atoms with E-state index in [1.807, 2.05) is 6.07 Å². The minimum atomic E-state index is 0.283. The van der Waals surface area contributed by atoms with E-state index < -0.39 is 0 Å². The number of hydrogen-bond donors (Lipinski definition) is 0. The zero-order valence-electron chi connectivity index (χ0n) is 12.0. The second-order valence-corrected chi connectivity index (χ2v) is 5.77. The van der Waals surface area contributed by atoms with Crippen LogP contribution in [0.3, 0.4) is 0 Å². The Morgan fingerprint density at radius 2 is 1.57 bits per heavy atom. The molecular weight excluding hydrogens is 256 g/mol. The number of aryl methyl sites for hydroxylation is 2. The average Bonchev–Trinajstić information content (AvgIpc) is 2.89. The first-order valence-electron chi connectivity index (χ1n) is 7.39. The standard InChI is InChI=1S/C20H16O/c1-13-6-9-17(19-5-3-2-4-16(13)19)14-7-10-18-15(12-14)8-11-20(18)21/h2-7,9-10,12H,8,11H2,1H3. The van der Waals surface area contributed by atoms with Crippen LogP contribution in [0.15, 0.2) is 54.6 Å². The van der Waals surface area contributed by atoms with Crippen molar-refractivity contribution >= 4 is 16.6 Å². The summed E-state index contributed by atoms with van der Waals surface area (Å²) in [6.45, 7) is 2.15. The van der Waals surface area contributed by atoms with Gasteiger partial charge in [-0.25, -0.2) is 0 Å². The summed E-state index contributed by atoms with van der Waals surface area (Å²) >= 11 is 0. The zero-order chi connectivity index (χ0) is 14.4. The third-order valence-corrected chi connectivity index (χ3v) is 4.48. The molecule has 0 heterocycles. The van der Waals surface area contributed by atoms with E-state index in [1.54, 1.807) is 0 Å². The Bertz CT molecular complexity index is 874. The minimum absolute atomic E-state index is 0.283. The van der Waals surface area contributed by atoms with Gasteiger partial charge in [-0.05, 0) is 46.4 Å². The van der Waals surface area contributed by atoms with Crippen LogP contribution in [-0.4, -0.2) is 5.78 Å². The molecule has 1 nitrogen and oxygen atoms in total. The highest BCUT2D eigenvalue weighted by Gasteiger charge is 2.19. The van der Waals surface area contributed by atoms with Gasteiger partial charge in [0.2, 0.25) is 0 Å². The van der Waals surface area contributed by atoms with Crippen molar-refractivity contribution in [2.45, 2.75) is 19.8 Å². The van der Waals surface area contributed by atoms with E-state index >= 15 is 0 Å². The fraction of sp³-hybridized carbons (Fsp3) is 0.150. The second-order valence-electron chi connectivity index (χ2n) is 5.77. The van der Waals surface area contributed by atoms with Gasteiger partial charge in [0.05, 0.1) is 0 Å². The lowest BCUT2D eigenvalue weighted by Gasteiger charge is -2.10. The number of rotatable bonds is 1. The lowest BCUT2D eigenvalue weighted by molar-refractivity contribution is 0.0994. The number of Topliss-reactive ketones (excluding diaryl/α,β-unsaturated/α-hetero) is 1. The molecule has 0 amide bonds. The largest absolute Gasteiger partial charge is 0.294 e. The molecule has 1 aliphatic rings. The minimum Gasteiger partial charge on any atom is -0.294 e. The van der Waals surface area contributed by atoms with Gasteiger partial charge in [0.25, 0.3) is 0 Å². The molecule has 0 fully saturated rings. The van der Waals surface area contributed by atoms with Gasteiger partial charge >= 0.3 is 0 Å². The number of carbonyl (C=O) groups excluding carboxylic acids is 1. The van der Waals surface area contributed by atoms with E-state index in [-0.39, 0.29) is 5.78 Å². The summed E-state index contributed by atoms with van der Waals surface area (Å²) in [5.74, 6) is 0.283. The number of fused-ring (bicyclic) bond motifs is 2. The molecule has 0 saturated carbocycles. The Labute approximate surface area is 124 Å². The fourth-order valence-corrected chi connectivity index (χ4v) is 3.32. The van der Waals surface area contributed by atoms with Crippen molar-refractivity contribution < 1.29 is 4.79 Å². The van der Waals surface area contributed by atoms with Gasteiger partial charge in [0.1, 0.15) is 0 Å². The molecule has 3 aromatic carbocycles. The van der Waals surface area contributed by atoms with Crippen molar-refractivity contribution in [1.29, 1.82) is 0 Å². The molecule has 0 spiro atoms. The van der Waals surface area contributed by atoms with Crippen LogP contribution in [0.4, 0.5) is 0 Å². The summed E-state index contributed by atoms with van der Waals surface area (Å²) in [6, 6.07) is 19.2. The summed E-state index contributed by atoms with van der Waals surface area (Å²) in [5, 5.41) is 2.58. The third kappa shape index (κ3) is 1.89. The maximum atomic E-state index is 11.8. The summed E-state index contributed by atoms with van der Waals surface area (Å²) in [7, 11) is 0. The summed E-state index contributed by atoms with van der Waals surface area (Å²) in [5.41, 5.74) is 5.86. The predicted molar refractivity (Wildman–Crippen MR) is 86.8 cm³/mol. The highest BCUT2D eigenvalue weighted by molar-refractivity contribution is 6.02. The lowest BCUT2D eigenvalue weighted by Crippen LogP contribution is -1.91. The third-order valence-electron chi connectivity index (χ3n) is 4.48. The number of benzene rings is 3. The quantitative estimate of drug-likeness (QED) is 0.613. The Morgan fingerprint density at radius 3 is 2.43 bits per heavy atom. The molecule has 0 saturated heterocycles. The van der Waals surface area contributed by atoms with Gasteiger partial charge in [0, 0.05) is 12.0 Å². The molecule has 3 aromatic rings. The molecule has 0 aliphatic heterocycles. The Balaban J connectivity index is 1.96. The Hall–Kier alpha value is -2.41. The van der Waals surface area contributed by atoms with E-state index in [1.165, 1.54) is 33.0 Å². The first-order valence-corrected chi connectivity index (χ1v) is 7.39. The Kier molecular flexibility index (Phi) is 2.68. The molecule has 102 valence electrons. The van der Waals surface area contributed by atoms with E-state index in [0.29, 0.717) is 6.42 Å². The molecule has 0 aromatic heterocycles. The molecule has 4 rings (SSSR count). The van der Waals surface area contributed by atoms with Gasteiger partial charge < -0.3 is 0 Å². The number of ketones is 1. The van der Waals surface area contributed by atoms with E-state index in [9.17, 15) is 4.79 Å². The van der Waals surface area contributed by atoms with Crippen molar-refractivity contribution in [1.82, 2.24) is 0 Å². The summed E-state index contributed by atoms with van der Waals surface area (Å²) in [4.78, 5) is 11.8. The Morgan fingerprint density at radius 1 is 0.810 bits per heavy atom. The van der Waals surface area contributed by atoms with Crippen LogP contribution >= 0.6 is 0 Å². The van der Waals surface area contributed by atoms with Crippen molar-refractivity contribution in [2.24, 2.45) is 0 Å². The number of carbonyl (C=O) groups is 1. The average molecular weight is 272 g/mol. The zero-order valence-corrected chi connectivity index (χ0v) is 12.0. The van der Waals surface area contributed by atoms with Gasteiger partial charge in [0.15, 0.2) is 5.78 Å². The highest BCUT2D eigenvalue weighted by atomic mass is 16.1. The monoisotopic (exact) mass is 272 g/mol. The first kappa shape index (κ1) is 12.3.